The van der Waals surface area contributed by atoms with E-state index in [1.807, 2.05) is 19.1 Å². The molecule has 2 aromatic rings. The van der Waals surface area contributed by atoms with Gasteiger partial charge >= 0.3 is 0 Å². The third kappa shape index (κ3) is 4.55. The molecule has 0 saturated carbocycles. The fraction of sp³-hybridized carbons (Fsp3) is 0.316. The third-order valence-electron chi connectivity index (χ3n) is 3.66. The van der Waals surface area contributed by atoms with E-state index in [0.29, 0.717) is 5.92 Å². The zero-order valence-corrected chi connectivity index (χ0v) is 14.3. The summed E-state index contributed by atoms with van der Waals surface area (Å²) in [5.74, 6) is -0.525. The number of rotatable bonds is 5. The molecule has 0 aliphatic heterocycles. The number of nitrogens with one attached hydrogen (secondary N) is 1. The summed E-state index contributed by atoms with van der Waals surface area (Å²) in [5, 5.41) is 2.90. The van der Waals surface area contributed by atoms with Crippen LogP contribution in [0.3, 0.4) is 0 Å². The van der Waals surface area contributed by atoms with Crippen molar-refractivity contribution in [1.82, 2.24) is 5.32 Å². The smallest absolute Gasteiger partial charge is 0.256 e. The number of hydrogen-bond acceptors (Lipinski definition) is 1. The van der Waals surface area contributed by atoms with Crippen molar-refractivity contribution >= 4 is 17.5 Å². The van der Waals surface area contributed by atoms with Gasteiger partial charge in [-0.05, 0) is 42.5 Å². The zero-order valence-electron chi connectivity index (χ0n) is 13.6. The van der Waals surface area contributed by atoms with Gasteiger partial charge in [-0.2, -0.15) is 0 Å². The Morgan fingerprint density at radius 2 is 1.78 bits per heavy atom. The molecule has 1 N–H and O–H groups in total. The van der Waals surface area contributed by atoms with Gasteiger partial charge in [0, 0.05) is 0 Å². The first kappa shape index (κ1) is 17.5. The standard InChI is InChI=1S/C19H21ClFNO/c1-12(2)11-14-7-9-15(10-8-14)13(3)22-19(23)18-16(20)5-4-6-17(18)21/h4-10,12-13H,11H2,1-3H3,(H,22,23)/t13-/m1/s1. The van der Waals surface area contributed by atoms with Gasteiger partial charge in [0.15, 0.2) is 0 Å². The molecule has 2 nitrogen and oxygen atoms in total. The number of benzene rings is 2. The second kappa shape index (κ2) is 7.60. The Morgan fingerprint density at radius 1 is 1.13 bits per heavy atom. The molecule has 2 aromatic carbocycles. The lowest BCUT2D eigenvalue weighted by Gasteiger charge is -2.16. The highest BCUT2D eigenvalue weighted by atomic mass is 35.5. The number of carbonyl (C=O) groups is 1. The summed E-state index contributed by atoms with van der Waals surface area (Å²) in [6.45, 7) is 6.22. The molecule has 122 valence electrons. The van der Waals surface area contributed by atoms with Crippen molar-refractivity contribution in [3.8, 4) is 0 Å². The maximum Gasteiger partial charge on any atom is 0.256 e. The van der Waals surface area contributed by atoms with E-state index in [4.69, 9.17) is 11.6 Å². The lowest BCUT2D eigenvalue weighted by atomic mass is 10.00. The summed E-state index contributed by atoms with van der Waals surface area (Å²) in [5.41, 5.74) is 2.12. The summed E-state index contributed by atoms with van der Waals surface area (Å²) in [6, 6.07) is 12.1. The summed E-state index contributed by atoms with van der Waals surface area (Å²) < 4.78 is 13.8. The maximum atomic E-state index is 13.8. The average Bonchev–Trinajstić information content (AvgIpc) is 2.47. The molecule has 2 rings (SSSR count). The van der Waals surface area contributed by atoms with Crippen molar-refractivity contribution in [1.29, 1.82) is 0 Å². The number of carbonyl (C=O) groups excluding carboxylic acids is 1. The highest BCUT2D eigenvalue weighted by molar-refractivity contribution is 6.33. The van der Waals surface area contributed by atoms with Crippen LogP contribution >= 0.6 is 11.6 Å². The molecule has 0 fully saturated rings. The molecule has 0 bridgehead atoms. The van der Waals surface area contributed by atoms with Crippen LogP contribution in [0, 0.1) is 11.7 Å². The van der Waals surface area contributed by atoms with Crippen molar-refractivity contribution in [3.05, 3.63) is 70.0 Å². The molecule has 0 unspecified atom stereocenters. The van der Waals surface area contributed by atoms with Crippen molar-refractivity contribution in [2.24, 2.45) is 5.92 Å². The van der Waals surface area contributed by atoms with Gasteiger partial charge in [-0.15, -0.1) is 0 Å². The van der Waals surface area contributed by atoms with Crippen molar-refractivity contribution in [2.75, 3.05) is 0 Å². The maximum absolute atomic E-state index is 13.8. The first-order valence-corrected chi connectivity index (χ1v) is 8.10. The highest BCUT2D eigenvalue weighted by Crippen LogP contribution is 2.21. The molecular formula is C19H21ClFNO. The van der Waals surface area contributed by atoms with Crippen LogP contribution in [0.2, 0.25) is 5.02 Å². The Morgan fingerprint density at radius 3 is 2.35 bits per heavy atom. The quantitative estimate of drug-likeness (QED) is 0.803. The third-order valence-corrected chi connectivity index (χ3v) is 3.98. The number of hydrogen-bond donors (Lipinski definition) is 1. The lowest BCUT2D eigenvalue weighted by Crippen LogP contribution is -2.27. The molecule has 0 heterocycles. The van der Waals surface area contributed by atoms with Crippen LogP contribution in [0.4, 0.5) is 4.39 Å². The van der Waals surface area contributed by atoms with Crippen LogP contribution in [-0.4, -0.2) is 5.91 Å². The van der Waals surface area contributed by atoms with E-state index < -0.39 is 11.7 Å². The van der Waals surface area contributed by atoms with E-state index in [9.17, 15) is 9.18 Å². The van der Waals surface area contributed by atoms with E-state index in [0.717, 1.165) is 12.0 Å². The summed E-state index contributed by atoms with van der Waals surface area (Å²) in [4.78, 5) is 12.2. The van der Waals surface area contributed by atoms with Crippen LogP contribution in [0.15, 0.2) is 42.5 Å². The van der Waals surface area contributed by atoms with Gasteiger partial charge in [-0.1, -0.05) is 55.8 Å². The van der Waals surface area contributed by atoms with Crippen molar-refractivity contribution in [3.63, 3.8) is 0 Å². The minimum atomic E-state index is -0.616. The van der Waals surface area contributed by atoms with Gasteiger partial charge in [0.1, 0.15) is 5.82 Å². The predicted molar refractivity (Wildman–Crippen MR) is 92.3 cm³/mol. The molecule has 0 aromatic heterocycles. The normalized spacial score (nSPS) is 12.3. The molecule has 1 amide bonds. The fourth-order valence-corrected chi connectivity index (χ4v) is 2.73. The Balaban J connectivity index is 2.09. The number of halogens is 2. The van der Waals surface area contributed by atoms with E-state index >= 15 is 0 Å². The zero-order chi connectivity index (χ0) is 17.0. The minimum Gasteiger partial charge on any atom is -0.345 e. The van der Waals surface area contributed by atoms with E-state index in [1.165, 1.54) is 23.8 Å². The van der Waals surface area contributed by atoms with Gasteiger partial charge in [0.25, 0.3) is 5.91 Å². The van der Waals surface area contributed by atoms with Gasteiger partial charge in [0.2, 0.25) is 0 Å². The SMILES string of the molecule is CC(C)Cc1ccc([C@@H](C)NC(=O)c2c(F)cccc2Cl)cc1. The first-order chi connectivity index (χ1) is 10.9. The summed E-state index contributed by atoms with van der Waals surface area (Å²) in [7, 11) is 0. The largest absolute Gasteiger partial charge is 0.345 e. The average molecular weight is 334 g/mol. The van der Waals surface area contributed by atoms with Gasteiger partial charge in [-0.25, -0.2) is 4.39 Å². The minimum absolute atomic E-state index is 0.113. The lowest BCUT2D eigenvalue weighted by molar-refractivity contribution is 0.0936. The first-order valence-electron chi connectivity index (χ1n) is 7.72. The van der Waals surface area contributed by atoms with Crippen molar-refractivity contribution < 1.29 is 9.18 Å². The molecule has 0 saturated heterocycles. The Hall–Kier alpha value is -1.87. The molecule has 23 heavy (non-hydrogen) atoms. The molecule has 0 aliphatic carbocycles. The topological polar surface area (TPSA) is 29.1 Å². The molecule has 0 aliphatic rings. The number of amides is 1. The van der Waals surface area contributed by atoms with E-state index in [2.05, 4.69) is 31.3 Å². The van der Waals surface area contributed by atoms with Crippen molar-refractivity contribution in [2.45, 2.75) is 33.2 Å². The Bertz CT molecular complexity index is 662. The van der Waals surface area contributed by atoms with Gasteiger partial charge in [-0.3, -0.25) is 4.79 Å². The van der Waals surface area contributed by atoms with Gasteiger partial charge in [0.05, 0.1) is 16.6 Å². The summed E-state index contributed by atoms with van der Waals surface area (Å²) >= 11 is 5.92. The van der Waals surface area contributed by atoms with Crippen LogP contribution in [0.5, 0.6) is 0 Å². The molecule has 1 atom stereocenters. The van der Waals surface area contributed by atoms with E-state index in [-0.39, 0.29) is 16.6 Å². The monoisotopic (exact) mass is 333 g/mol. The Kier molecular flexibility index (Phi) is 5.78. The Labute approximate surface area is 141 Å². The molecule has 0 spiro atoms. The molecule has 0 radical (unpaired) electrons. The second-order valence-electron chi connectivity index (χ2n) is 6.13. The molecular weight excluding hydrogens is 313 g/mol. The fourth-order valence-electron chi connectivity index (χ4n) is 2.48. The van der Waals surface area contributed by atoms with E-state index in [1.54, 1.807) is 0 Å². The highest BCUT2D eigenvalue weighted by Gasteiger charge is 2.18. The predicted octanol–water partition coefficient (Wildman–Crippen LogP) is 5.17. The second-order valence-corrected chi connectivity index (χ2v) is 6.54. The van der Waals surface area contributed by atoms with Gasteiger partial charge < -0.3 is 5.32 Å². The van der Waals surface area contributed by atoms with Crippen LogP contribution < -0.4 is 5.32 Å². The van der Waals surface area contributed by atoms with Crippen LogP contribution in [-0.2, 0) is 6.42 Å². The van der Waals surface area contributed by atoms with Crippen LogP contribution in [0.25, 0.3) is 0 Å². The summed E-state index contributed by atoms with van der Waals surface area (Å²) in [6.07, 6.45) is 1.02. The molecule has 4 heteroatoms. The van der Waals surface area contributed by atoms with Crippen LogP contribution in [0.1, 0.15) is 48.3 Å².